The fraction of sp³-hybridized carbons (Fsp3) is 0.588. The summed E-state index contributed by atoms with van der Waals surface area (Å²) in [7, 11) is 0. The molecule has 2 aromatic rings. The van der Waals surface area contributed by atoms with Crippen LogP contribution in [-0.4, -0.2) is 64.8 Å². The smallest absolute Gasteiger partial charge is 0.250 e. The number of piperidine rings is 1. The van der Waals surface area contributed by atoms with Crippen LogP contribution in [0, 0.1) is 6.92 Å². The molecule has 2 saturated heterocycles. The molecule has 0 aromatic carbocycles. The van der Waals surface area contributed by atoms with Gasteiger partial charge in [0.05, 0.1) is 0 Å². The molecule has 2 aliphatic heterocycles. The van der Waals surface area contributed by atoms with Crippen LogP contribution in [0.5, 0.6) is 0 Å². The minimum Gasteiger partial charge on any atom is -0.345 e. The van der Waals surface area contributed by atoms with E-state index in [1.54, 1.807) is 17.5 Å². The van der Waals surface area contributed by atoms with E-state index in [9.17, 15) is 4.79 Å². The molecule has 1 N–H and O–H groups in total. The van der Waals surface area contributed by atoms with Crippen molar-refractivity contribution in [1.29, 1.82) is 0 Å². The van der Waals surface area contributed by atoms with Crippen molar-refractivity contribution in [3.8, 4) is 0 Å². The SMILES string of the molecule is Cc1cnc(N2CCN(C(=O)C3(n4cccn4)CCNCC3)CC2)s1.Cl.Cl. The molecular formula is C17H26Cl2N6OS. The molecule has 4 heterocycles. The molecule has 2 aromatic heterocycles. The molecule has 0 saturated carbocycles. The van der Waals surface area contributed by atoms with Crippen LogP contribution in [0.4, 0.5) is 5.13 Å². The molecule has 0 bridgehead atoms. The maximum Gasteiger partial charge on any atom is 0.250 e. The van der Waals surface area contributed by atoms with Gasteiger partial charge in [-0.2, -0.15) is 5.10 Å². The first-order chi connectivity index (χ1) is 12.2. The molecule has 7 nitrogen and oxygen atoms in total. The number of anilines is 1. The Bertz CT molecular complexity index is 724. The average molecular weight is 433 g/mol. The molecule has 1 amide bonds. The predicted octanol–water partition coefficient (Wildman–Crippen LogP) is 1.92. The average Bonchev–Trinajstić information content (AvgIpc) is 3.34. The largest absolute Gasteiger partial charge is 0.345 e. The first kappa shape index (κ1) is 21.9. The van der Waals surface area contributed by atoms with Gasteiger partial charge in [-0.05, 0) is 38.9 Å². The maximum absolute atomic E-state index is 13.4. The van der Waals surface area contributed by atoms with Crippen molar-refractivity contribution in [1.82, 2.24) is 25.0 Å². The second-order valence-electron chi connectivity index (χ2n) is 6.76. The van der Waals surface area contributed by atoms with E-state index in [1.807, 2.05) is 28.0 Å². The quantitative estimate of drug-likeness (QED) is 0.802. The van der Waals surface area contributed by atoms with E-state index in [2.05, 4.69) is 27.2 Å². The third-order valence-corrected chi connectivity index (χ3v) is 6.19. The van der Waals surface area contributed by atoms with Gasteiger partial charge in [0.25, 0.3) is 5.91 Å². The summed E-state index contributed by atoms with van der Waals surface area (Å²) in [4.78, 5) is 23.4. The van der Waals surface area contributed by atoms with Gasteiger partial charge < -0.3 is 15.1 Å². The fourth-order valence-electron chi connectivity index (χ4n) is 3.79. The van der Waals surface area contributed by atoms with Crippen molar-refractivity contribution >= 4 is 47.2 Å². The zero-order valence-electron chi connectivity index (χ0n) is 15.3. The Balaban J connectivity index is 0.00000131. The molecule has 4 rings (SSSR count). The van der Waals surface area contributed by atoms with Gasteiger partial charge in [0, 0.05) is 49.6 Å². The number of nitrogens with zero attached hydrogens (tertiary/aromatic N) is 5. The van der Waals surface area contributed by atoms with Crippen molar-refractivity contribution < 1.29 is 4.79 Å². The van der Waals surface area contributed by atoms with Crippen molar-refractivity contribution in [3.63, 3.8) is 0 Å². The van der Waals surface area contributed by atoms with Crippen molar-refractivity contribution in [2.45, 2.75) is 25.3 Å². The molecule has 2 fully saturated rings. The minimum absolute atomic E-state index is 0. The van der Waals surface area contributed by atoms with E-state index in [0.717, 1.165) is 57.2 Å². The fourth-order valence-corrected chi connectivity index (χ4v) is 4.60. The van der Waals surface area contributed by atoms with Crippen molar-refractivity contribution in [2.24, 2.45) is 0 Å². The van der Waals surface area contributed by atoms with Gasteiger partial charge in [-0.15, -0.1) is 36.2 Å². The van der Waals surface area contributed by atoms with Crippen LogP contribution in [0.2, 0.25) is 0 Å². The van der Waals surface area contributed by atoms with Gasteiger partial charge in [-0.25, -0.2) is 4.98 Å². The number of aryl methyl sites for hydroxylation is 1. The Kier molecular flexibility index (Phi) is 7.50. The standard InChI is InChI=1S/C17H24N6OS.2ClH/c1-14-13-19-16(25-14)22-11-9-21(10-12-22)15(24)17(3-6-18-7-4-17)23-8-2-5-20-23;;/h2,5,8,13,18H,3-4,6-7,9-12H2,1H3;2*1H. The van der Waals surface area contributed by atoms with E-state index < -0.39 is 5.54 Å². The Morgan fingerprint density at radius 1 is 1.19 bits per heavy atom. The number of carbonyl (C=O) groups is 1. The molecular weight excluding hydrogens is 407 g/mol. The Morgan fingerprint density at radius 3 is 2.44 bits per heavy atom. The summed E-state index contributed by atoms with van der Waals surface area (Å²) < 4.78 is 1.88. The number of halogens is 2. The van der Waals surface area contributed by atoms with Gasteiger partial charge in [0.1, 0.15) is 5.54 Å². The number of amides is 1. The van der Waals surface area contributed by atoms with E-state index >= 15 is 0 Å². The van der Waals surface area contributed by atoms with Crippen LogP contribution in [0.25, 0.3) is 0 Å². The maximum atomic E-state index is 13.4. The van der Waals surface area contributed by atoms with E-state index in [-0.39, 0.29) is 30.7 Å². The zero-order valence-corrected chi connectivity index (χ0v) is 17.8. The highest BCUT2D eigenvalue weighted by molar-refractivity contribution is 7.15. The lowest BCUT2D eigenvalue weighted by atomic mass is 9.86. The number of carbonyl (C=O) groups excluding carboxylic acids is 1. The monoisotopic (exact) mass is 432 g/mol. The van der Waals surface area contributed by atoms with Gasteiger partial charge in [0.15, 0.2) is 5.13 Å². The predicted molar refractivity (Wildman–Crippen MR) is 112 cm³/mol. The zero-order chi connectivity index (χ0) is 17.3. The molecule has 27 heavy (non-hydrogen) atoms. The van der Waals surface area contributed by atoms with E-state index in [0.29, 0.717) is 0 Å². The summed E-state index contributed by atoms with van der Waals surface area (Å²) in [5.74, 6) is 0.215. The number of piperazine rings is 1. The number of hydrogen-bond donors (Lipinski definition) is 1. The number of aromatic nitrogens is 3. The highest BCUT2D eigenvalue weighted by Gasteiger charge is 2.45. The van der Waals surface area contributed by atoms with Crippen LogP contribution in [0.1, 0.15) is 17.7 Å². The summed E-state index contributed by atoms with van der Waals surface area (Å²) in [5.41, 5.74) is -0.533. The molecule has 0 unspecified atom stereocenters. The van der Waals surface area contributed by atoms with Gasteiger partial charge in [0.2, 0.25) is 0 Å². The Hall–Kier alpha value is -1.35. The third-order valence-electron chi connectivity index (χ3n) is 5.22. The summed E-state index contributed by atoms with van der Waals surface area (Å²) in [6.45, 7) is 6.94. The molecule has 0 aliphatic carbocycles. The second kappa shape index (κ2) is 9.23. The second-order valence-corrected chi connectivity index (χ2v) is 7.98. The number of rotatable bonds is 3. The summed E-state index contributed by atoms with van der Waals surface area (Å²) in [6.07, 6.45) is 7.19. The molecule has 10 heteroatoms. The molecule has 2 aliphatic rings. The summed E-state index contributed by atoms with van der Waals surface area (Å²) in [6, 6.07) is 1.90. The van der Waals surface area contributed by atoms with E-state index in [4.69, 9.17) is 0 Å². The number of nitrogens with one attached hydrogen (secondary N) is 1. The van der Waals surface area contributed by atoms with Gasteiger partial charge in [-0.3, -0.25) is 9.48 Å². The van der Waals surface area contributed by atoms with Crippen molar-refractivity contribution in [2.75, 3.05) is 44.2 Å². The van der Waals surface area contributed by atoms with Crippen LogP contribution >= 0.6 is 36.2 Å². The van der Waals surface area contributed by atoms with Gasteiger partial charge >= 0.3 is 0 Å². The topological polar surface area (TPSA) is 66.3 Å². The normalized spacial score (nSPS) is 19.1. The molecule has 0 atom stereocenters. The minimum atomic E-state index is -0.533. The van der Waals surface area contributed by atoms with Gasteiger partial charge in [-0.1, -0.05) is 0 Å². The summed E-state index contributed by atoms with van der Waals surface area (Å²) >= 11 is 1.72. The van der Waals surface area contributed by atoms with Crippen LogP contribution < -0.4 is 10.2 Å². The van der Waals surface area contributed by atoms with Crippen LogP contribution in [0.15, 0.2) is 24.7 Å². The Labute approximate surface area is 175 Å². The first-order valence-corrected chi connectivity index (χ1v) is 9.68. The molecule has 0 spiro atoms. The highest BCUT2D eigenvalue weighted by atomic mass is 35.5. The van der Waals surface area contributed by atoms with Crippen LogP contribution in [0.3, 0.4) is 0 Å². The number of hydrogen-bond acceptors (Lipinski definition) is 6. The lowest BCUT2D eigenvalue weighted by Gasteiger charge is -2.43. The molecule has 0 radical (unpaired) electrons. The van der Waals surface area contributed by atoms with Crippen molar-refractivity contribution in [3.05, 3.63) is 29.5 Å². The highest BCUT2D eigenvalue weighted by Crippen LogP contribution is 2.30. The number of thiazole rings is 1. The summed E-state index contributed by atoms with van der Waals surface area (Å²) in [5, 5.41) is 8.84. The van der Waals surface area contributed by atoms with Crippen LogP contribution in [-0.2, 0) is 10.3 Å². The Morgan fingerprint density at radius 2 is 1.89 bits per heavy atom. The van der Waals surface area contributed by atoms with E-state index in [1.165, 1.54) is 4.88 Å². The molecule has 150 valence electrons. The first-order valence-electron chi connectivity index (χ1n) is 8.87. The lowest BCUT2D eigenvalue weighted by Crippen LogP contribution is -2.59. The third kappa shape index (κ3) is 4.23. The lowest BCUT2D eigenvalue weighted by molar-refractivity contribution is -0.143.